The molecule has 3 rings (SSSR count). The van der Waals surface area contributed by atoms with Gasteiger partial charge in [-0.1, -0.05) is 59.6 Å². The fourth-order valence-corrected chi connectivity index (χ4v) is 4.29. The van der Waals surface area contributed by atoms with E-state index < -0.39 is 0 Å². The molecule has 0 aliphatic carbocycles. The molecular formula is C25H27BrCl3NO2. The molecule has 3 nitrogen and oxygen atoms in total. The second-order valence-corrected chi connectivity index (χ2v) is 9.14. The van der Waals surface area contributed by atoms with Crippen LogP contribution < -0.4 is 14.8 Å². The highest BCUT2D eigenvalue weighted by molar-refractivity contribution is 9.10. The minimum atomic E-state index is 0. The summed E-state index contributed by atoms with van der Waals surface area (Å²) >= 11 is 15.8. The third kappa shape index (κ3) is 7.86. The van der Waals surface area contributed by atoms with Crippen molar-refractivity contribution in [2.75, 3.05) is 7.11 Å². The molecule has 0 saturated heterocycles. The van der Waals surface area contributed by atoms with Crippen molar-refractivity contribution in [1.29, 1.82) is 0 Å². The molecule has 0 radical (unpaired) electrons. The maximum atomic E-state index is 6.25. The fourth-order valence-electron chi connectivity index (χ4n) is 3.23. The number of halogens is 4. The Hall–Kier alpha value is -1.43. The fraction of sp³-hybridized carbons (Fsp3) is 0.280. The van der Waals surface area contributed by atoms with Crippen LogP contribution in [0.1, 0.15) is 30.0 Å². The van der Waals surface area contributed by atoms with Gasteiger partial charge in [-0.3, -0.25) is 0 Å². The molecule has 32 heavy (non-hydrogen) atoms. The summed E-state index contributed by atoms with van der Waals surface area (Å²) in [5.74, 6) is 1.32. The topological polar surface area (TPSA) is 30.5 Å². The van der Waals surface area contributed by atoms with Gasteiger partial charge in [0.25, 0.3) is 0 Å². The van der Waals surface area contributed by atoms with Gasteiger partial charge in [-0.15, -0.1) is 12.4 Å². The van der Waals surface area contributed by atoms with Gasteiger partial charge in [-0.2, -0.15) is 0 Å². The van der Waals surface area contributed by atoms with Gasteiger partial charge in [-0.05, 0) is 71.1 Å². The van der Waals surface area contributed by atoms with E-state index >= 15 is 0 Å². The summed E-state index contributed by atoms with van der Waals surface area (Å²) in [4.78, 5) is 0. The van der Waals surface area contributed by atoms with Gasteiger partial charge in [-0.25, -0.2) is 0 Å². The minimum absolute atomic E-state index is 0. The van der Waals surface area contributed by atoms with Crippen LogP contribution >= 0.6 is 51.5 Å². The highest BCUT2D eigenvalue weighted by Gasteiger charge is 2.14. The number of methoxy groups -OCH3 is 1. The summed E-state index contributed by atoms with van der Waals surface area (Å²) in [5.41, 5.74) is 3.34. The highest BCUT2D eigenvalue weighted by atomic mass is 79.9. The summed E-state index contributed by atoms with van der Waals surface area (Å²) in [6.07, 6.45) is 2.13. The third-order valence-corrected chi connectivity index (χ3v) is 6.22. The van der Waals surface area contributed by atoms with Crippen LogP contribution in [0.15, 0.2) is 65.1 Å². The zero-order chi connectivity index (χ0) is 22.2. The van der Waals surface area contributed by atoms with E-state index in [1.54, 1.807) is 19.2 Å². The molecule has 0 aromatic heterocycles. The molecule has 0 amide bonds. The van der Waals surface area contributed by atoms with E-state index in [9.17, 15) is 0 Å². The summed E-state index contributed by atoms with van der Waals surface area (Å²) in [5, 5.41) is 4.77. The molecule has 1 unspecified atom stereocenters. The molecule has 3 aromatic rings. The monoisotopic (exact) mass is 557 g/mol. The van der Waals surface area contributed by atoms with Crippen molar-refractivity contribution < 1.29 is 9.47 Å². The molecule has 0 aliphatic rings. The Morgan fingerprint density at radius 1 is 1.00 bits per heavy atom. The molecular weight excluding hydrogens is 533 g/mol. The van der Waals surface area contributed by atoms with E-state index in [1.165, 1.54) is 5.56 Å². The molecule has 172 valence electrons. The van der Waals surface area contributed by atoms with Crippen LogP contribution in [-0.4, -0.2) is 13.2 Å². The van der Waals surface area contributed by atoms with E-state index in [0.29, 0.717) is 34.2 Å². The molecule has 0 aliphatic heterocycles. The Labute approximate surface area is 215 Å². The van der Waals surface area contributed by atoms with Crippen molar-refractivity contribution in [1.82, 2.24) is 5.32 Å². The van der Waals surface area contributed by atoms with Gasteiger partial charge in [0, 0.05) is 28.2 Å². The van der Waals surface area contributed by atoms with Crippen LogP contribution in [0.2, 0.25) is 10.0 Å². The first-order chi connectivity index (χ1) is 15.0. The van der Waals surface area contributed by atoms with Gasteiger partial charge >= 0.3 is 0 Å². The smallest absolute Gasteiger partial charge is 0.175 e. The van der Waals surface area contributed by atoms with Gasteiger partial charge in [0.15, 0.2) is 11.5 Å². The van der Waals surface area contributed by atoms with Crippen LogP contribution in [0, 0.1) is 0 Å². The predicted octanol–water partition coefficient (Wildman–Crippen LogP) is 7.88. The molecule has 0 spiro atoms. The summed E-state index contributed by atoms with van der Waals surface area (Å²) in [7, 11) is 1.64. The molecule has 7 heteroatoms. The quantitative estimate of drug-likeness (QED) is 0.274. The molecule has 0 heterocycles. The summed E-state index contributed by atoms with van der Waals surface area (Å²) in [6, 6.07) is 20.4. The van der Waals surface area contributed by atoms with E-state index in [1.807, 2.05) is 18.2 Å². The lowest BCUT2D eigenvalue weighted by Gasteiger charge is -2.17. The van der Waals surface area contributed by atoms with Crippen molar-refractivity contribution in [3.63, 3.8) is 0 Å². The number of hydrogen-bond donors (Lipinski definition) is 1. The second-order valence-electron chi connectivity index (χ2n) is 7.44. The standard InChI is InChI=1S/C25H26BrCl2NO2.ClH/c1-17(8-9-18-6-4-3-5-7-18)29-15-19-12-22(26)25(24(13-19)30-2)31-16-20-10-11-21(27)14-23(20)28;/h3-7,10-14,17,29H,8-9,15-16H2,1-2H3;1H. The predicted molar refractivity (Wildman–Crippen MR) is 140 cm³/mol. The van der Waals surface area contributed by atoms with E-state index in [4.69, 9.17) is 32.7 Å². The van der Waals surface area contributed by atoms with Crippen molar-refractivity contribution in [2.24, 2.45) is 0 Å². The van der Waals surface area contributed by atoms with E-state index in [-0.39, 0.29) is 12.4 Å². The van der Waals surface area contributed by atoms with Crippen molar-refractivity contribution in [2.45, 2.75) is 39.0 Å². The molecule has 0 saturated carbocycles. The van der Waals surface area contributed by atoms with Crippen LogP contribution in [-0.2, 0) is 19.6 Å². The van der Waals surface area contributed by atoms with Gasteiger partial charge in [0.05, 0.1) is 11.6 Å². The van der Waals surface area contributed by atoms with Crippen LogP contribution in [0.4, 0.5) is 0 Å². The first-order valence-corrected chi connectivity index (χ1v) is 11.7. The SMILES string of the molecule is COc1cc(CNC(C)CCc2ccccc2)cc(Br)c1OCc1ccc(Cl)cc1Cl.Cl. The zero-order valence-electron chi connectivity index (χ0n) is 18.0. The Bertz CT molecular complexity index is 1000. The number of hydrogen-bond acceptors (Lipinski definition) is 3. The molecule has 0 bridgehead atoms. The lowest BCUT2D eigenvalue weighted by molar-refractivity contribution is 0.282. The largest absolute Gasteiger partial charge is 0.493 e. The third-order valence-electron chi connectivity index (χ3n) is 5.04. The Kier molecular flexibility index (Phi) is 11.2. The highest BCUT2D eigenvalue weighted by Crippen LogP contribution is 2.37. The zero-order valence-corrected chi connectivity index (χ0v) is 22.0. The van der Waals surface area contributed by atoms with Crippen molar-refractivity contribution >= 4 is 51.5 Å². The minimum Gasteiger partial charge on any atom is -0.493 e. The maximum absolute atomic E-state index is 6.25. The van der Waals surface area contributed by atoms with Gasteiger partial charge in [0.2, 0.25) is 0 Å². The van der Waals surface area contributed by atoms with Crippen molar-refractivity contribution in [3.8, 4) is 11.5 Å². The molecule has 1 N–H and O–H groups in total. The van der Waals surface area contributed by atoms with E-state index in [0.717, 1.165) is 35.0 Å². The number of aryl methyl sites for hydroxylation is 1. The maximum Gasteiger partial charge on any atom is 0.175 e. The molecule has 0 fully saturated rings. The Morgan fingerprint density at radius 3 is 2.44 bits per heavy atom. The number of benzene rings is 3. The number of rotatable bonds is 10. The van der Waals surface area contributed by atoms with Gasteiger partial charge in [0.1, 0.15) is 6.61 Å². The van der Waals surface area contributed by atoms with E-state index in [2.05, 4.69) is 58.5 Å². The first kappa shape index (κ1) is 26.8. The Morgan fingerprint density at radius 2 is 1.75 bits per heavy atom. The number of ether oxygens (including phenoxy) is 2. The van der Waals surface area contributed by atoms with Gasteiger partial charge < -0.3 is 14.8 Å². The molecule has 1 atom stereocenters. The number of nitrogens with one attached hydrogen (secondary N) is 1. The van der Waals surface area contributed by atoms with Crippen LogP contribution in [0.25, 0.3) is 0 Å². The van der Waals surface area contributed by atoms with Crippen molar-refractivity contribution in [3.05, 3.63) is 91.9 Å². The van der Waals surface area contributed by atoms with Crippen LogP contribution in [0.3, 0.4) is 0 Å². The lowest BCUT2D eigenvalue weighted by Crippen LogP contribution is -2.26. The molecule has 3 aromatic carbocycles. The average molecular weight is 560 g/mol. The normalized spacial score (nSPS) is 11.5. The second kappa shape index (κ2) is 13.3. The first-order valence-electron chi connectivity index (χ1n) is 10.2. The van der Waals surface area contributed by atoms with Crippen LogP contribution in [0.5, 0.6) is 11.5 Å². The summed E-state index contributed by atoms with van der Waals surface area (Å²) < 4.78 is 12.4. The summed E-state index contributed by atoms with van der Waals surface area (Å²) in [6.45, 7) is 3.27. The lowest BCUT2D eigenvalue weighted by atomic mass is 10.1. The Balaban J connectivity index is 0.00000363. The average Bonchev–Trinajstić information content (AvgIpc) is 2.77.